The Kier molecular flexibility index (Phi) is 7.36. The first-order valence-electron chi connectivity index (χ1n) is 6.86. The Morgan fingerprint density at radius 2 is 2.17 bits per heavy atom. The van der Waals surface area contributed by atoms with Gasteiger partial charge in [-0.25, -0.2) is 9.36 Å². The first kappa shape index (κ1) is 20.1. The molecule has 3 N–H and O–H groups in total. The highest BCUT2D eigenvalue weighted by molar-refractivity contribution is 7.46. The van der Waals surface area contributed by atoms with Gasteiger partial charge >= 0.3 is 13.5 Å². The molecule has 0 aliphatic heterocycles. The van der Waals surface area contributed by atoms with Crippen LogP contribution in [-0.4, -0.2) is 38.6 Å². The Hall–Kier alpha value is -1.94. The summed E-state index contributed by atoms with van der Waals surface area (Å²) < 4.78 is 21.8. The number of rotatable bonds is 9. The lowest BCUT2D eigenvalue weighted by atomic mass is 10.3. The van der Waals surface area contributed by atoms with Crippen LogP contribution in [0.5, 0.6) is 0 Å². The Morgan fingerprint density at radius 1 is 1.50 bits per heavy atom. The lowest BCUT2D eigenvalue weighted by Crippen LogP contribution is -2.36. The molecule has 0 aliphatic rings. The molecule has 1 aromatic heterocycles. The number of aryl methyl sites for hydroxylation is 1. The molecular formula is C11H18N5O7P. The maximum Gasteiger partial charge on any atom is 0.469 e. The Bertz CT molecular complexity index is 763. The van der Waals surface area contributed by atoms with Crippen molar-refractivity contribution < 1.29 is 23.6 Å². The van der Waals surface area contributed by atoms with Crippen LogP contribution in [0.4, 0.5) is 0 Å². The van der Waals surface area contributed by atoms with E-state index in [2.05, 4.69) is 19.5 Å². The molecule has 0 amide bonds. The minimum absolute atomic E-state index is 0.260. The SMILES string of the molecule is CC[C@@H](O[C@@H](CN=[N+]=[N-])COP(=O)(O)O)n1cc(C)c(=O)[nH]c1=O. The van der Waals surface area contributed by atoms with Crippen molar-refractivity contribution >= 4 is 7.82 Å². The number of phosphoric ester groups is 1. The molecule has 0 radical (unpaired) electrons. The summed E-state index contributed by atoms with van der Waals surface area (Å²) in [5.41, 5.74) is 7.44. The van der Waals surface area contributed by atoms with Gasteiger partial charge in [0.1, 0.15) is 6.23 Å². The maximum absolute atomic E-state index is 11.9. The predicted molar refractivity (Wildman–Crippen MR) is 82.3 cm³/mol. The topological polar surface area (TPSA) is 180 Å². The predicted octanol–water partition coefficient (Wildman–Crippen LogP) is 0.558. The molecule has 1 rings (SSSR count). The number of H-pyrrole nitrogens is 1. The number of hydrogen-bond donors (Lipinski definition) is 3. The van der Waals surface area contributed by atoms with Gasteiger partial charge in [-0.2, -0.15) is 0 Å². The molecule has 0 aromatic carbocycles. The van der Waals surface area contributed by atoms with E-state index in [9.17, 15) is 14.2 Å². The van der Waals surface area contributed by atoms with Crippen molar-refractivity contribution in [3.05, 3.63) is 43.0 Å². The lowest BCUT2D eigenvalue weighted by Gasteiger charge is -2.24. The van der Waals surface area contributed by atoms with E-state index in [1.807, 2.05) is 0 Å². The number of azide groups is 1. The van der Waals surface area contributed by atoms with Crippen molar-refractivity contribution in [3.8, 4) is 0 Å². The van der Waals surface area contributed by atoms with Crippen molar-refractivity contribution in [3.63, 3.8) is 0 Å². The highest BCUT2D eigenvalue weighted by Crippen LogP contribution is 2.36. The zero-order chi connectivity index (χ0) is 18.3. The summed E-state index contributed by atoms with van der Waals surface area (Å²) >= 11 is 0. The fourth-order valence-corrected chi connectivity index (χ4v) is 2.18. The normalized spacial score (nSPS) is 14.0. The second-order valence-electron chi connectivity index (χ2n) is 4.80. The van der Waals surface area contributed by atoms with E-state index >= 15 is 0 Å². The van der Waals surface area contributed by atoms with Crippen molar-refractivity contribution in [2.75, 3.05) is 13.2 Å². The second-order valence-corrected chi connectivity index (χ2v) is 6.04. The number of nitrogens with zero attached hydrogens (tertiary/aromatic N) is 4. The minimum Gasteiger partial charge on any atom is -0.352 e. The summed E-state index contributed by atoms with van der Waals surface area (Å²) in [6.45, 7) is 2.41. The number of aromatic amines is 1. The van der Waals surface area contributed by atoms with E-state index in [1.165, 1.54) is 13.1 Å². The molecule has 0 saturated carbocycles. The van der Waals surface area contributed by atoms with Gasteiger partial charge in [0.05, 0.1) is 19.3 Å². The zero-order valence-corrected chi connectivity index (χ0v) is 13.9. The van der Waals surface area contributed by atoms with Gasteiger partial charge in [0, 0.05) is 16.7 Å². The van der Waals surface area contributed by atoms with Gasteiger partial charge in [0.25, 0.3) is 5.56 Å². The Morgan fingerprint density at radius 3 is 2.71 bits per heavy atom. The summed E-state index contributed by atoms with van der Waals surface area (Å²) in [6.07, 6.45) is -0.248. The molecule has 24 heavy (non-hydrogen) atoms. The molecule has 134 valence electrons. The van der Waals surface area contributed by atoms with Crippen LogP contribution >= 0.6 is 7.82 Å². The molecule has 0 bridgehead atoms. The standard InChI is InChI=1S/C11H18N5O7P/c1-3-9(16-5-7(2)10(17)14-11(16)18)23-8(4-13-15-12)6-22-24(19,20)21/h5,8-9H,3-4,6H2,1-2H3,(H,14,17,18)(H2,19,20,21)/t8-,9+/m0/s1. The third-order valence-corrected chi connectivity index (χ3v) is 3.42. The van der Waals surface area contributed by atoms with Crippen molar-refractivity contribution in [2.45, 2.75) is 32.6 Å². The van der Waals surface area contributed by atoms with E-state index in [-0.39, 0.29) is 12.1 Å². The van der Waals surface area contributed by atoms with E-state index in [0.29, 0.717) is 6.42 Å². The number of hydrogen-bond acceptors (Lipinski definition) is 6. The monoisotopic (exact) mass is 363 g/mol. The van der Waals surface area contributed by atoms with Crippen LogP contribution in [0.3, 0.4) is 0 Å². The fourth-order valence-electron chi connectivity index (χ4n) is 1.82. The number of ether oxygens (including phenoxy) is 1. The first-order valence-corrected chi connectivity index (χ1v) is 8.39. The van der Waals surface area contributed by atoms with Gasteiger partial charge in [0.15, 0.2) is 0 Å². The van der Waals surface area contributed by atoms with Crippen LogP contribution in [0.1, 0.15) is 25.1 Å². The highest BCUT2D eigenvalue weighted by atomic mass is 31.2. The molecule has 1 heterocycles. The summed E-state index contributed by atoms with van der Waals surface area (Å²) in [4.78, 5) is 45.5. The smallest absolute Gasteiger partial charge is 0.352 e. The number of phosphoric acid groups is 1. The fraction of sp³-hybridized carbons (Fsp3) is 0.636. The minimum atomic E-state index is -4.73. The molecule has 0 spiro atoms. The van der Waals surface area contributed by atoms with Crippen LogP contribution in [0.15, 0.2) is 20.9 Å². The molecule has 0 unspecified atom stereocenters. The molecule has 1 aromatic rings. The van der Waals surface area contributed by atoms with Crippen LogP contribution in [0.2, 0.25) is 0 Å². The Balaban J connectivity index is 3.01. The van der Waals surface area contributed by atoms with E-state index in [0.717, 1.165) is 4.57 Å². The number of nitrogens with one attached hydrogen (secondary N) is 1. The number of aromatic nitrogens is 2. The average molecular weight is 363 g/mol. The average Bonchev–Trinajstić information content (AvgIpc) is 2.50. The molecule has 0 aliphatic carbocycles. The van der Waals surface area contributed by atoms with Crippen molar-refractivity contribution in [2.24, 2.45) is 5.11 Å². The van der Waals surface area contributed by atoms with Gasteiger partial charge in [0.2, 0.25) is 0 Å². The van der Waals surface area contributed by atoms with Gasteiger partial charge in [-0.05, 0) is 18.9 Å². The highest BCUT2D eigenvalue weighted by Gasteiger charge is 2.22. The van der Waals surface area contributed by atoms with Crippen molar-refractivity contribution in [1.82, 2.24) is 9.55 Å². The Labute approximate surface area is 135 Å². The van der Waals surface area contributed by atoms with E-state index in [1.54, 1.807) is 6.92 Å². The molecule has 0 saturated heterocycles. The van der Waals surface area contributed by atoms with Gasteiger partial charge < -0.3 is 14.5 Å². The van der Waals surface area contributed by atoms with Gasteiger partial charge in [-0.3, -0.25) is 18.9 Å². The molecule has 0 fully saturated rings. The third kappa shape index (κ3) is 6.28. The first-order chi connectivity index (χ1) is 11.2. The molecule has 12 nitrogen and oxygen atoms in total. The maximum atomic E-state index is 11.9. The van der Waals surface area contributed by atoms with Gasteiger partial charge in [-0.15, -0.1) is 0 Å². The summed E-state index contributed by atoms with van der Waals surface area (Å²) in [5.74, 6) is 0. The molecule has 13 heteroatoms. The third-order valence-electron chi connectivity index (χ3n) is 2.93. The lowest BCUT2D eigenvalue weighted by molar-refractivity contribution is -0.0726. The summed E-state index contributed by atoms with van der Waals surface area (Å²) in [6, 6.07) is 0. The van der Waals surface area contributed by atoms with Crippen LogP contribution < -0.4 is 11.2 Å². The summed E-state index contributed by atoms with van der Waals surface area (Å²) in [5, 5.41) is 3.29. The van der Waals surface area contributed by atoms with Gasteiger partial charge in [-0.1, -0.05) is 12.0 Å². The van der Waals surface area contributed by atoms with Crippen LogP contribution in [-0.2, 0) is 13.8 Å². The van der Waals surface area contributed by atoms with E-state index < -0.39 is 38.0 Å². The second kappa shape index (κ2) is 8.78. The van der Waals surface area contributed by atoms with Crippen molar-refractivity contribution in [1.29, 1.82) is 0 Å². The largest absolute Gasteiger partial charge is 0.469 e. The van der Waals surface area contributed by atoms with E-state index in [4.69, 9.17) is 20.1 Å². The molecular weight excluding hydrogens is 345 g/mol. The van der Waals surface area contributed by atoms with Crippen LogP contribution in [0.25, 0.3) is 10.4 Å². The quantitative estimate of drug-likeness (QED) is 0.248. The molecule has 2 atom stereocenters. The zero-order valence-electron chi connectivity index (χ0n) is 13.0. The van der Waals surface area contributed by atoms with Crippen LogP contribution in [0, 0.1) is 6.92 Å². The summed E-state index contributed by atoms with van der Waals surface area (Å²) in [7, 11) is -4.73.